The molecule has 0 radical (unpaired) electrons. The van der Waals surface area contributed by atoms with Crippen molar-refractivity contribution in [2.45, 2.75) is 63.3 Å². The van der Waals surface area contributed by atoms with E-state index in [1.807, 2.05) is 30.3 Å². The van der Waals surface area contributed by atoms with Crippen LogP contribution in [-0.4, -0.2) is 16.9 Å². The molecule has 2 aliphatic rings. The summed E-state index contributed by atoms with van der Waals surface area (Å²) in [4.78, 5) is 17.3. The summed E-state index contributed by atoms with van der Waals surface area (Å²) < 4.78 is 5.99. The summed E-state index contributed by atoms with van der Waals surface area (Å²) in [6.07, 6.45) is 9.30. The average molecular weight is 324 g/mol. The average Bonchev–Trinajstić information content (AvgIpc) is 3.40. The van der Waals surface area contributed by atoms with Crippen molar-refractivity contribution >= 4 is 5.91 Å². The maximum absolute atomic E-state index is 12.8. The molecule has 0 unspecified atom stereocenters. The lowest BCUT2D eigenvalue weighted by Crippen LogP contribution is -2.35. The third-order valence-corrected chi connectivity index (χ3v) is 5.03. The zero-order valence-corrected chi connectivity index (χ0v) is 14.0. The summed E-state index contributed by atoms with van der Waals surface area (Å²) in [6.45, 7) is 0. The van der Waals surface area contributed by atoms with E-state index in [4.69, 9.17) is 4.42 Å². The Balaban J connectivity index is 1.57. The van der Waals surface area contributed by atoms with Crippen molar-refractivity contribution in [3.05, 3.63) is 41.8 Å². The first kappa shape index (κ1) is 15.4. The van der Waals surface area contributed by atoms with Crippen LogP contribution < -0.4 is 5.32 Å². The van der Waals surface area contributed by atoms with Crippen molar-refractivity contribution in [2.75, 3.05) is 0 Å². The Labute approximate surface area is 142 Å². The zero-order chi connectivity index (χ0) is 16.4. The second kappa shape index (κ2) is 6.80. The molecule has 4 heteroatoms. The summed E-state index contributed by atoms with van der Waals surface area (Å²) in [7, 11) is 0. The quantitative estimate of drug-likeness (QED) is 0.831. The van der Waals surface area contributed by atoms with Gasteiger partial charge < -0.3 is 9.73 Å². The van der Waals surface area contributed by atoms with Gasteiger partial charge in [-0.3, -0.25) is 4.79 Å². The van der Waals surface area contributed by atoms with Gasteiger partial charge in [-0.25, -0.2) is 4.98 Å². The van der Waals surface area contributed by atoms with Gasteiger partial charge in [-0.15, -0.1) is 0 Å². The summed E-state index contributed by atoms with van der Waals surface area (Å²) in [5, 5.41) is 3.20. The molecule has 2 aromatic rings. The zero-order valence-electron chi connectivity index (χ0n) is 14.0. The van der Waals surface area contributed by atoms with Gasteiger partial charge in [0.1, 0.15) is 5.76 Å². The molecule has 1 aromatic heterocycles. The van der Waals surface area contributed by atoms with Gasteiger partial charge in [0, 0.05) is 17.5 Å². The van der Waals surface area contributed by atoms with Crippen molar-refractivity contribution in [2.24, 2.45) is 0 Å². The molecule has 1 heterocycles. The maximum atomic E-state index is 12.8. The highest BCUT2D eigenvalue weighted by atomic mass is 16.4. The largest absolute Gasteiger partial charge is 0.440 e. The van der Waals surface area contributed by atoms with Crippen molar-refractivity contribution in [1.29, 1.82) is 0 Å². The fourth-order valence-corrected chi connectivity index (χ4v) is 3.50. The van der Waals surface area contributed by atoms with E-state index in [-0.39, 0.29) is 11.9 Å². The lowest BCUT2D eigenvalue weighted by Gasteiger charge is -2.15. The van der Waals surface area contributed by atoms with E-state index >= 15 is 0 Å². The number of benzene rings is 1. The molecule has 24 heavy (non-hydrogen) atoms. The highest BCUT2D eigenvalue weighted by Crippen LogP contribution is 2.43. The number of hydrogen-bond donors (Lipinski definition) is 1. The predicted molar refractivity (Wildman–Crippen MR) is 92.9 cm³/mol. The molecule has 1 aromatic carbocycles. The number of carbonyl (C=O) groups excluding carboxylic acids is 1. The van der Waals surface area contributed by atoms with Gasteiger partial charge >= 0.3 is 0 Å². The Kier molecular flexibility index (Phi) is 4.37. The highest BCUT2D eigenvalue weighted by Gasteiger charge is 2.34. The molecule has 0 saturated heterocycles. The van der Waals surface area contributed by atoms with Crippen LogP contribution in [0.3, 0.4) is 0 Å². The van der Waals surface area contributed by atoms with E-state index in [0.717, 1.165) is 37.0 Å². The highest BCUT2D eigenvalue weighted by molar-refractivity contribution is 5.94. The predicted octanol–water partition coefficient (Wildman–Crippen LogP) is 4.67. The number of hydrogen-bond acceptors (Lipinski definition) is 3. The first-order valence-corrected chi connectivity index (χ1v) is 9.18. The Morgan fingerprint density at radius 1 is 1.00 bits per heavy atom. The van der Waals surface area contributed by atoms with E-state index in [2.05, 4.69) is 10.3 Å². The van der Waals surface area contributed by atoms with Crippen LogP contribution in [0.2, 0.25) is 0 Å². The number of aromatic nitrogens is 1. The second-order valence-electron chi connectivity index (χ2n) is 7.03. The Morgan fingerprint density at radius 3 is 2.38 bits per heavy atom. The van der Waals surface area contributed by atoms with E-state index in [9.17, 15) is 4.79 Å². The SMILES string of the molecule is O=C(NC1CCCCCC1)c1nc(-c2ccccc2)oc1C1CC1. The fraction of sp³-hybridized carbons (Fsp3) is 0.500. The lowest BCUT2D eigenvalue weighted by atomic mass is 10.1. The molecule has 0 atom stereocenters. The first-order valence-electron chi connectivity index (χ1n) is 9.18. The van der Waals surface area contributed by atoms with Crippen LogP contribution >= 0.6 is 0 Å². The third kappa shape index (κ3) is 3.37. The van der Waals surface area contributed by atoms with Crippen LogP contribution in [0.5, 0.6) is 0 Å². The van der Waals surface area contributed by atoms with E-state index in [1.165, 1.54) is 25.7 Å². The summed E-state index contributed by atoms with van der Waals surface area (Å²) in [5.74, 6) is 1.64. The lowest BCUT2D eigenvalue weighted by molar-refractivity contribution is 0.0927. The molecule has 0 spiro atoms. The number of nitrogens with zero attached hydrogens (tertiary/aromatic N) is 1. The smallest absolute Gasteiger partial charge is 0.273 e. The number of amides is 1. The molecule has 1 amide bonds. The van der Waals surface area contributed by atoms with Crippen molar-refractivity contribution < 1.29 is 9.21 Å². The van der Waals surface area contributed by atoms with Gasteiger partial charge in [-0.05, 0) is 37.8 Å². The van der Waals surface area contributed by atoms with Crippen LogP contribution in [0.15, 0.2) is 34.7 Å². The minimum absolute atomic E-state index is 0.0604. The molecule has 126 valence electrons. The Hall–Kier alpha value is -2.10. The standard InChI is InChI=1S/C20H24N2O2/c23-19(21-16-10-6-1-2-7-11-16)17-18(14-12-13-14)24-20(22-17)15-8-4-3-5-9-15/h3-5,8-9,14,16H,1-2,6-7,10-13H2,(H,21,23). The third-order valence-electron chi connectivity index (χ3n) is 5.03. The molecular weight excluding hydrogens is 300 g/mol. The van der Waals surface area contributed by atoms with E-state index in [0.29, 0.717) is 17.5 Å². The van der Waals surface area contributed by atoms with E-state index < -0.39 is 0 Å². The van der Waals surface area contributed by atoms with Gasteiger partial charge in [-0.2, -0.15) is 0 Å². The summed E-state index contributed by atoms with van der Waals surface area (Å²) in [6, 6.07) is 10.1. The number of oxazole rings is 1. The summed E-state index contributed by atoms with van der Waals surface area (Å²) in [5.41, 5.74) is 1.42. The maximum Gasteiger partial charge on any atom is 0.273 e. The molecule has 0 bridgehead atoms. The molecule has 1 N–H and O–H groups in total. The summed E-state index contributed by atoms with van der Waals surface area (Å²) >= 11 is 0. The van der Waals surface area contributed by atoms with Gasteiger partial charge in [0.15, 0.2) is 5.69 Å². The minimum atomic E-state index is -0.0604. The Bertz CT molecular complexity index is 696. The number of nitrogens with one attached hydrogen (secondary N) is 1. The van der Waals surface area contributed by atoms with Crippen LogP contribution in [0, 0.1) is 0 Å². The van der Waals surface area contributed by atoms with Crippen LogP contribution in [0.25, 0.3) is 11.5 Å². The van der Waals surface area contributed by atoms with Crippen LogP contribution in [-0.2, 0) is 0 Å². The van der Waals surface area contributed by atoms with Crippen molar-refractivity contribution in [3.8, 4) is 11.5 Å². The second-order valence-corrected chi connectivity index (χ2v) is 7.03. The molecule has 0 aliphatic heterocycles. The fourth-order valence-electron chi connectivity index (χ4n) is 3.50. The molecular formula is C20H24N2O2. The normalized spacial score (nSPS) is 19.0. The van der Waals surface area contributed by atoms with Gasteiger partial charge in [-0.1, -0.05) is 43.9 Å². The van der Waals surface area contributed by atoms with Gasteiger partial charge in [0.2, 0.25) is 5.89 Å². The topological polar surface area (TPSA) is 55.1 Å². The molecule has 4 rings (SSSR count). The van der Waals surface area contributed by atoms with Crippen LogP contribution in [0.4, 0.5) is 0 Å². The molecule has 4 nitrogen and oxygen atoms in total. The van der Waals surface area contributed by atoms with Crippen LogP contribution in [0.1, 0.15) is 73.5 Å². The van der Waals surface area contributed by atoms with Crippen molar-refractivity contribution in [1.82, 2.24) is 10.3 Å². The number of rotatable bonds is 4. The number of carbonyl (C=O) groups is 1. The van der Waals surface area contributed by atoms with Crippen molar-refractivity contribution in [3.63, 3.8) is 0 Å². The molecule has 2 aliphatic carbocycles. The van der Waals surface area contributed by atoms with Gasteiger partial charge in [0.05, 0.1) is 0 Å². The van der Waals surface area contributed by atoms with Gasteiger partial charge in [0.25, 0.3) is 5.91 Å². The Morgan fingerprint density at radius 2 is 1.71 bits per heavy atom. The van der Waals surface area contributed by atoms with E-state index in [1.54, 1.807) is 0 Å². The minimum Gasteiger partial charge on any atom is -0.440 e. The first-order chi connectivity index (χ1) is 11.8. The monoisotopic (exact) mass is 324 g/mol. The molecule has 2 fully saturated rings. The molecule has 2 saturated carbocycles.